The lowest BCUT2D eigenvalue weighted by Gasteiger charge is -2.26. The van der Waals surface area contributed by atoms with Gasteiger partial charge < -0.3 is 9.64 Å². The van der Waals surface area contributed by atoms with Crippen LogP contribution in [0, 0.1) is 6.92 Å². The molecule has 34 heavy (non-hydrogen) atoms. The topological polar surface area (TPSA) is 86.4 Å². The molecule has 1 saturated heterocycles. The third-order valence-corrected chi connectivity index (χ3v) is 5.43. The van der Waals surface area contributed by atoms with Gasteiger partial charge in [-0.2, -0.15) is 23.0 Å². The molecule has 178 valence electrons. The summed E-state index contributed by atoms with van der Waals surface area (Å²) in [6, 6.07) is 10.9. The monoisotopic (exact) mass is 474 g/mol. The van der Waals surface area contributed by atoms with Gasteiger partial charge in [0.2, 0.25) is 5.69 Å². The van der Waals surface area contributed by atoms with E-state index in [1.165, 1.54) is 17.0 Å². The van der Waals surface area contributed by atoms with Crippen molar-refractivity contribution in [3.8, 4) is 5.69 Å². The molecule has 0 N–H and O–H groups in total. The zero-order chi connectivity index (χ0) is 24.5. The third kappa shape index (κ3) is 4.79. The van der Waals surface area contributed by atoms with E-state index in [9.17, 15) is 27.6 Å². The Morgan fingerprint density at radius 2 is 1.74 bits per heavy atom. The smallest absolute Gasteiger partial charge is 0.378 e. The Morgan fingerprint density at radius 3 is 2.35 bits per heavy atom. The first kappa shape index (κ1) is 23.4. The number of aromatic nitrogens is 3. The summed E-state index contributed by atoms with van der Waals surface area (Å²) in [4.78, 5) is 40.9. The van der Waals surface area contributed by atoms with E-state index in [-0.39, 0.29) is 19.6 Å². The number of ether oxygens (including phenoxy) is 1. The number of rotatable bonds is 4. The SMILES string of the molecule is Cc1cccc(-n2nc(C(=O)N3CCOCC3)c(=O)n(Cc3ccc(C(F)(F)F)cc3)c2=O)c1. The lowest BCUT2D eigenvalue weighted by atomic mass is 10.1. The first-order valence-electron chi connectivity index (χ1n) is 10.5. The van der Waals surface area contributed by atoms with Crippen molar-refractivity contribution in [1.82, 2.24) is 19.2 Å². The van der Waals surface area contributed by atoms with E-state index in [1.54, 1.807) is 18.2 Å². The fourth-order valence-corrected chi connectivity index (χ4v) is 3.61. The first-order valence-corrected chi connectivity index (χ1v) is 10.5. The van der Waals surface area contributed by atoms with E-state index < -0.39 is 34.6 Å². The van der Waals surface area contributed by atoms with Gasteiger partial charge in [0.1, 0.15) is 0 Å². The van der Waals surface area contributed by atoms with E-state index in [1.807, 2.05) is 13.0 Å². The van der Waals surface area contributed by atoms with Crippen molar-refractivity contribution in [2.75, 3.05) is 26.3 Å². The Bertz CT molecular complexity index is 1320. The van der Waals surface area contributed by atoms with Crippen LogP contribution in [0.15, 0.2) is 58.1 Å². The minimum atomic E-state index is -4.51. The molecule has 0 radical (unpaired) electrons. The molecule has 1 fully saturated rings. The van der Waals surface area contributed by atoms with Crippen molar-refractivity contribution in [3.05, 3.63) is 91.8 Å². The van der Waals surface area contributed by atoms with E-state index in [0.717, 1.165) is 26.9 Å². The number of carbonyl (C=O) groups excluding carboxylic acids is 1. The quantitative estimate of drug-likeness (QED) is 0.579. The average Bonchev–Trinajstić information content (AvgIpc) is 2.82. The van der Waals surface area contributed by atoms with Gasteiger partial charge in [0.05, 0.1) is 31.0 Å². The minimum absolute atomic E-state index is 0.266. The number of benzene rings is 2. The zero-order valence-corrected chi connectivity index (χ0v) is 18.2. The molecule has 0 saturated carbocycles. The van der Waals surface area contributed by atoms with Crippen LogP contribution in [0.4, 0.5) is 13.2 Å². The van der Waals surface area contributed by atoms with Gasteiger partial charge in [-0.25, -0.2) is 4.79 Å². The summed E-state index contributed by atoms with van der Waals surface area (Å²) in [6.07, 6.45) is -4.51. The third-order valence-electron chi connectivity index (χ3n) is 5.43. The molecule has 4 rings (SSSR count). The molecular weight excluding hydrogens is 453 g/mol. The second-order valence-corrected chi connectivity index (χ2v) is 7.87. The molecule has 1 amide bonds. The number of hydrogen-bond donors (Lipinski definition) is 0. The van der Waals surface area contributed by atoms with Crippen LogP contribution < -0.4 is 11.2 Å². The van der Waals surface area contributed by atoms with Gasteiger partial charge in [-0.05, 0) is 42.3 Å². The number of carbonyl (C=O) groups is 1. The number of nitrogens with zero attached hydrogens (tertiary/aromatic N) is 4. The van der Waals surface area contributed by atoms with Crippen LogP contribution in [0.5, 0.6) is 0 Å². The molecule has 8 nitrogen and oxygen atoms in total. The largest absolute Gasteiger partial charge is 0.416 e. The predicted molar refractivity (Wildman–Crippen MR) is 116 cm³/mol. The van der Waals surface area contributed by atoms with Gasteiger partial charge in [0, 0.05) is 13.1 Å². The molecule has 0 bridgehead atoms. The Hall–Kier alpha value is -3.73. The molecule has 1 aliphatic rings. The summed E-state index contributed by atoms with van der Waals surface area (Å²) in [7, 11) is 0. The van der Waals surface area contributed by atoms with E-state index in [0.29, 0.717) is 24.5 Å². The van der Waals surface area contributed by atoms with Crippen LogP contribution in [-0.4, -0.2) is 51.5 Å². The maximum absolute atomic E-state index is 13.2. The van der Waals surface area contributed by atoms with E-state index in [2.05, 4.69) is 5.10 Å². The molecule has 1 aliphatic heterocycles. The average molecular weight is 474 g/mol. The Kier molecular flexibility index (Phi) is 6.38. The molecule has 0 atom stereocenters. The highest BCUT2D eigenvalue weighted by Gasteiger charge is 2.30. The summed E-state index contributed by atoms with van der Waals surface area (Å²) >= 11 is 0. The predicted octanol–water partition coefficient (Wildman–Crippen LogP) is 2.24. The van der Waals surface area contributed by atoms with Crippen LogP contribution >= 0.6 is 0 Å². The van der Waals surface area contributed by atoms with Crippen molar-refractivity contribution in [2.45, 2.75) is 19.6 Å². The summed E-state index contributed by atoms with van der Waals surface area (Å²) in [5, 5.41) is 4.10. The molecular formula is C23H21F3N4O4. The van der Waals surface area contributed by atoms with E-state index >= 15 is 0 Å². The lowest BCUT2D eigenvalue weighted by molar-refractivity contribution is -0.137. The lowest BCUT2D eigenvalue weighted by Crippen LogP contribution is -2.48. The van der Waals surface area contributed by atoms with Crippen molar-refractivity contribution in [1.29, 1.82) is 0 Å². The second kappa shape index (κ2) is 9.26. The number of halogens is 3. The van der Waals surface area contributed by atoms with Gasteiger partial charge in [-0.3, -0.25) is 14.2 Å². The number of morpholine rings is 1. The minimum Gasteiger partial charge on any atom is -0.378 e. The van der Waals surface area contributed by atoms with Gasteiger partial charge in [-0.1, -0.05) is 24.3 Å². The molecule has 2 heterocycles. The molecule has 3 aromatic rings. The van der Waals surface area contributed by atoms with Crippen LogP contribution in [0.2, 0.25) is 0 Å². The summed E-state index contributed by atoms with van der Waals surface area (Å²) < 4.78 is 45.7. The number of amides is 1. The maximum Gasteiger partial charge on any atom is 0.416 e. The number of hydrogen-bond acceptors (Lipinski definition) is 5. The van der Waals surface area contributed by atoms with Crippen LogP contribution in [0.3, 0.4) is 0 Å². The molecule has 0 spiro atoms. The Balaban J connectivity index is 1.82. The summed E-state index contributed by atoms with van der Waals surface area (Å²) in [5.74, 6) is -0.643. The summed E-state index contributed by atoms with van der Waals surface area (Å²) in [6.45, 7) is 2.64. The molecule has 2 aromatic carbocycles. The van der Waals surface area contributed by atoms with Gasteiger partial charge in [0.15, 0.2) is 0 Å². The van der Waals surface area contributed by atoms with Crippen molar-refractivity contribution < 1.29 is 22.7 Å². The number of aryl methyl sites for hydroxylation is 1. The van der Waals surface area contributed by atoms with Crippen LogP contribution in [-0.2, 0) is 17.5 Å². The first-order chi connectivity index (χ1) is 16.1. The van der Waals surface area contributed by atoms with Crippen molar-refractivity contribution in [3.63, 3.8) is 0 Å². The Labute approximate surface area is 191 Å². The molecule has 1 aromatic heterocycles. The highest BCUT2D eigenvalue weighted by Crippen LogP contribution is 2.29. The van der Waals surface area contributed by atoms with Crippen molar-refractivity contribution >= 4 is 5.91 Å². The fourth-order valence-electron chi connectivity index (χ4n) is 3.61. The standard InChI is InChI=1S/C23H21F3N4O4/c1-15-3-2-4-18(13-15)30-22(33)29(14-16-5-7-17(8-6-16)23(24,25)26)21(32)19(27-30)20(31)28-9-11-34-12-10-28/h2-8,13H,9-12,14H2,1H3. The molecule has 0 unspecified atom stereocenters. The number of alkyl halides is 3. The van der Waals surface area contributed by atoms with Gasteiger partial charge in [-0.15, -0.1) is 0 Å². The molecule has 11 heteroatoms. The fraction of sp³-hybridized carbons (Fsp3) is 0.304. The summed E-state index contributed by atoms with van der Waals surface area (Å²) in [5.41, 5.74) is -1.55. The van der Waals surface area contributed by atoms with Crippen molar-refractivity contribution in [2.24, 2.45) is 0 Å². The second-order valence-electron chi connectivity index (χ2n) is 7.87. The van der Waals surface area contributed by atoms with E-state index in [4.69, 9.17) is 4.74 Å². The highest BCUT2D eigenvalue weighted by molar-refractivity contribution is 5.91. The highest BCUT2D eigenvalue weighted by atomic mass is 19.4. The van der Waals surface area contributed by atoms with Crippen LogP contribution in [0.25, 0.3) is 5.69 Å². The van der Waals surface area contributed by atoms with Gasteiger partial charge in [0.25, 0.3) is 11.5 Å². The molecule has 0 aliphatic carbocycles. The normalized spacial score (nSPS) is 14.3. The zero-order valence-electron chi connectivity index (χ0n) is 18.2. The van der Waals surface area contributed by atoms with Crippen LogP contribution in [0.1, 0.15) is 27.2 Å². The maximum atomic E-state index is 13.2. The van der Waals surface area contributed by atoms with Gasteiger partial charge >= 0.3 is 11.9 Å². The Morgan fingerprint density at radius 1 is 1.06 bits per heavy atom.